The van der Waals surface area contributed by atoms with Crippen molar-refractivity contribution in [1.29, 1.82) is 0 Å². The zero-order valence-electron chi connectivity index (χ0n) is 19.3. The monoisotopic (exact) mass is 531 g/mol. The fourth-order valence-corrected chi connectivity index (χ4v) is 5.93. The number of thioether (sulfide) groups is 1. The molecule has 1 spiro atoms. The van der Waals surface area contributed by atoms with Gasteiger partial charge >= 0.3 is 6.18 Å². The summed E-state index contributed by atoms with van der Waals surface area (Å²) in [4.78, 5) is 6.42. The predicted molar refractivity (Wildman–Crippen MR) is 126 cm³/mol. The SMILES string of the molecule is Cc1ncoc1-c1nnc(SCCCN2CC[C@]3(C[C@H]3c3ccc(F)cc3C(F)(F)F)C2)n1C.Cl. The molecule has 0 amide bonds. The van der Waals surface area contributed by atoms with E-state index in [0.717, 1.165) is 61.6 Å². The van der Waals surface area contributed by atoms with Crippen LogP contribution in [0.5, 0.6) is 0 Å². The van der Waals surface area contributed by atoms with E-state index in [0.29, 0.717) is 17.7 Å². The third-order valence-corrected chi connectivity index (χ3v) is 8.09. The van der Waals surface area contributed by atoms with Crippen LogP contribution in [0.4, 0.5) is 17.6 Å². The lowest BCUT2D eigenvalue weighted by Crippen LogP contribution is -2.23. The standard InChI is InChI=1S/C23H25F4N5OS.ClH/c1-14-19(33-13-28-14)20-29-30-21(31(20)2)34-9-3-7-32-8-6-22(12-32)11-18(22)16-5-4-15(24)10-17(16)23(25,26)27;/h4-5,10,13,18H,3,6-9,11-12H2,1-2H3;1H/t18-,22-;/m0./s1. The normalized spacial score (nSPS) is 22.1. The number of oxazole rings is 1. The Hall–Kier alpha value is -2.11. The molecule has 3 heterocycles. The van der Waals surface area contributed by atoms with Crippen LogP contribution in [-0.4, -0.2) is 50.0 Å². The number of nitrogens with zero attached hydrogens (tertiary/aromatic N) is 5. The highest BCUT2D eigenvalue weighted by Crippen LogP contribution is 2.65. The second-order valence-electron chi connectivity index (χ2n) is 9.21. The van der Waals surface area contributed by atoms with Crippen LogP contribution in [-0.2, 0) is 13.2 Å². The first-order valence-corrected chi connectivity index (χ1v) is 12.2. The molecule has 1 saturated carbocycles. The lowest BCUT2D eigenvalue weighted by molar-refractivity contribution is -0.138. The van der Waals surface area contributed by atoms with Crippen molar-refractivity contribution in [3.05, 3.63) is 47.2 Å². The van der Waals surface area contributed by atoms with Gasteiger partial charge in [0.15, 0.2) is 17.3 Å². The van der Waals surface area contributed by atoms with Gasteiger partial charge in [-0.3, -0.25) is 0 Å². The molecule has 35 heavy (non-hydrogen) atoms. The third kappa shape index (κ3) is 5.08. The molecular formula is C23H26ClF4N5OS. The van der Waals surface area contributed by atoms with Crippen molar-refractivity contribution in [2.75, 3.05) is 25.4 Å². The smallest absolute Gasteiger partial charge is 0.416 e. The fourth-order valence-electron chi connectivity index (χ4n) is 5.10. The second-order valence-corrected chi connectivity index (χ2v) is 10.3. The largest absolute Gasteiger partial charge is 0.440 e. The average Bonchev–Trinajstić information content (AvgIpc) is 3.07. The van der Waals surface area contributed by atoms with Gasteiger partial charge in [-0.2, -0.15) is 13.2 Å². The predicted octanol–water partition coefficient (Wildman–Crippen LogP) is 5.72. The number of aromatic nitrogens is 4. The highest BCUT2D eigenvalue weighted by atomic mass is 35.5. The third-order valence-electron chi connectivity index (χ3n) is 6.98. The molecule has 2 atom stereocenters. The van der Waals surface area contributed by atoms with E-state index in [-0.39, 0.29) is 29.3 Å². The van der Waals surface area contributed by atoms with Gasteiger partial charge in [0.25, 0.3) is 0 Å². The minimum absolute atomic E-state index is 0. The van der Waals surface area contributed by atoms with Crippen LogP contribution < -0.4 is 0 Å². The van der Waals surface area contributed by atoms with E-state index in [2.05, 4.69) is 20.1 Å². The minimum Gasteiger partial charge on any atom is -0.440 e. The van der Waals surface area contributed by atoms with Crippen LogP contribution in [0.15, 0.2) is 34.2 Å². The molecule has 0 radical (unpaired) electrons. The summed E-state index contributed by atoms with van der Waals surface area (Å²) in [6.07, 6.45) is -0.611. The van der Waals surface area contributed by atoms with Gasteiger partial charge in [0.2, 0.25) is 5.82 Å². The van der Waals surface area contributed by atoms with Gasteiger partial charge in [-0.1, -0.05) is 17.8 Å². The Morgan fingerprint density at radius 3 is 2.77 bits per heavy atom. The molecule has 12 heteroatoms. The van der Waals surface area contributed by atoms with E-state index in [4.69, 9.17) is 4.42 Å². The maximum atomic E-state index is 13.5. The summed E-state index contributed by atoms with van der Waals surface area (Å²) in [6.45, 7) is 4.40. The molecule has 0 unspecified atom stereocenters. The molecular weight excluding hydrogens is 506 g/mol. The molecule has 2 aromatic heterocycles. The first kappa shape index (κ1) is 26.0. The van der Waals surface area contributed by atoms with Crippen LogP contribution >= 0.6 is 24.2 Å². The molecule has 0 bridgehead atoms. The highest BCUT2D eigenvalue weighted by molar-refractivity contribution is 7.99. The van der Waals surface area contributed by atoms with E-state index < -0.39 is 17.6 Å². The number of halogens is 5. The summed E-state index contributed by atoms with van der Waals surface area (Å²) >= 11 is 1.61. The lowest BCUT2D eigenvalue weighted by Gasteiger charge is -2.17. The first-order chi connectivity index (χ1) is 16.2. The first-order valence-electron chi connectivity index (χ1n) is 11.2. The van der Waals surface area contributed by atoms with Crippen molar-refractivity contribution in [1.82, 2.24) is 24.6 Å². The van der Waals surface area contributed by atoms with Crippen molar-refractivity contribution in [3.63, 3.8) is 0 Å². The summed E-state index contributed by atoms with van der Waals surface area (Å²) in [5, 5.41) is 9.26. The zero-order chi connectivity index (χ0) is 24.1. The molecule has 1 saturated heterocycles. The van der Waals surface area contributed by atoms with Crippen LogP contribution in [0.25, 0.3) is 11.6 Å². The van der Waals surface area contributed by atoms with Crippen LogP contribution in [0, 0.1) is 18.2 Å². The lowest BCUT2D eigenvalue weighted by atomic mass is 9.94. The number of aryl methyl sites for hydroxylation is 1. The molecule has 190 valence electrons. The number of hydrogen-bond donors (Lipinski definition) is 0. The average molecular weight is 532 g/mol. The van der Waals surface area contributed by atoms with Crippen molar-refractivity contribution >= 4 is 24.2 Å². The second kappa shape index (κ2) is 9.74. The molecule has 6 nitrogen and oxygen atoms in total. The van der Waals surface area contributed by atoms with Crippen molar-refractivity contribution in [2.24, 2.45) is 12.5 Å². The Morgan fingerprint density at radius 2 is 2.06 bits per heavy atom. The molecule has 1 aliphatic heterocycles. The van der Waals surface area contributed by atoms with Gasteiger partial charge in [-0.25, -0.2) is 9.37 Å². The van der Waals surface area contributed by atoms with Gasteiger partial charge in [0, 0.05) is 19.3 Å². The topological polar surface area (TPSA) is 60.0 Å². The summed E-state index contributed by atoms with van der Waals surface area (Å²) in [5.41, 5.74) is 0.0638. The van der Waals surface area contributed by atoms with E-state index in [1.54, 1.807) is 11.8 Å². The van der Waals surface area contributed by atoms with Gasteiger partial charge in [0.05, 0.1) is 11.3 Å². The maximum Gasteiger partial charge on any atom is 0.416 e. The van der Waals surface area contributed by atoms with E-state index in [1.807, 2.05) is 18.5 Å². The number of likely N-dealkylation sites (tertiary alicyclic amines) is 1. The van der Waals surface area contributed by atoms with Crippen LogP contribution in [0.1, 0.15) is 42.0 Å². The minimum atomic E-state index is -4.54. The van der Waals surface area contributed by atoms with Crippen LogP contribution in [0.2, 0.25) is 0 Å². The fraction of sp³-hybridized carbons (Fsp3) is 0.522. The molecule has 5 rings (SSSR count). The van der Waals surface area contributed by atoms with Crippen LogP contribution in [0.3, 0.4) is 0 Å². The molecule has 0 N–H and O–H groups in total. The molecule has 2 fully saturated rings. The maximum absolute atomic E-state index is 13.5. The Labute approximate surface area is 210 Å². The van der Waals surface area contributed by atoms with E-state index in [9.17, 15) is 17.6 Å². The Balaban J connectivity index is 0.00000289. The molecule has 3 aromatic rings. The number of hydrogen-bond acceptors (Lipinski definition) is 6. The van der Waals surface area contributed by atoms with Crippen molar-refractivity contribution < 1.29 is 22.0 Å². The van der Waals surface area contributed by atoms with Gasteiger partial charge in [-0.05, 0) is 68.3 Å². The summed E-state index contributed by atoms with van der Waals surface area (Å²) in [7, 11) is 1.89. The zero-order valence-corrected chi connectivity index (χ0v) is 20.9. The number of rotatable bonds is 7. The van der Waals surface area contributed by atoms with Gasteiger partial charge in [-0.15, -0.1) is 22.6 Å². The molecule has 1 aliphatic carbocycles. The van der Waals surface area contributed by atoms with Gasteiger partial charge in [0.1, 0.15) is 5.82 Å². The van der Waals surface area contributed by atoms with Crippen molar-refractivity contribution in [2.45, 2.75) is 43.4 Å². The molecule has 2 aliphatic rings. The summed E-state index contributed by atoms with van der Waals surface area (Å²) in [6, 6.07) is 3.10. The summed E-state index contributed by atoms with van der Waals surface area (Å²) < 4.78 is 61.1. The van der Waals surface area contributed by atoms with Gasteiger partial charge < -0.3 is 13.9 Å². The van der Waals surface area contributed by atoms with E-state index in [1.165, 1.54) is 12.5 Å². The highest BCUT2D eigenvalue weighted by Gasteiger charge is 2.59. The van der Waals surface area contributed by atoms with Crippen molar-refractivity contribution in [3.8, 4) is 11.6 Å². The Kier molecular flexibility index (Phi) is 7.23. The molecule has 1 aromatic carbocycles. The van der Waals surface area contributed by atoms with E-state index >= 15 is 0 Å². The Bertz CT molecular complexity index is 1200. The Morgan fingerprint density at radius 1 is 1.26 bits per heavy atom. The quantitative estimate of drug-likeness (QED) is 0.221. The number of benzene rings is 1. The summed E-state index contributed by atoms with van der Waals surface area (Å²) in [5.74, 6) is 1.10. The number of alkyl halides is 3.